The maximum atomic E-state index is 14.9. The number of fused-ring (bicyclic) bond motifs is 3. The van der Waals surface area contributed by atoms with Crippen LogP contribution in [-0.4, -0.2) is 70.4 Å². The summed E-state index contributed by atoms with van der Waals surface area (Å²) in [6.07, 6.45) is 9.11. The van der Waals surface area contributed by atoms with Crippen LogP contribution in [-0.2, 0) is 22.8 Å². The average molecular weight is 850 g/mol. The first kappa shape index (κ1) is 43.8. The van der Waals surface area contributed by atoms with Gasteiger partial charge in [-0.3, -0.25) is 9.78 Å². The third kappa shape index (κ3) is 9.44. The minimum atomic E-state index is -1.36. The lowest BCUT2D eigenvalue weighted by molar-refractivity contribution is -0.252. The molecule has 2 N–H and O–H groups in total. The number of unbranched alkanes of at least 4 members (excludes halogenated alkanes) is 2. The fourth-order valence-corrected chi connectivity index (χ4v) is 10.1. The summed E-state index contributed by atoms with van der Waals surface area (Å²) in [5, 5.41) is 26.9. The molecule has 1 amide bonds. The summed E-state index contributed by atoms with van der Waals surface area (Å²) in [4.78, 5) is 27.6. The Morgan fingerprint density at radius 2 is 1.68 bits per heavy atom. The molecule has 5 aromatic rings. The van der Waals surface area contributed by atoms with Crippen molar-refractivity contribution >= 4 is 22.4 Å². The van der Waals surface area contributed by atoms with Crippen molar-refractivity contribution in [3.63, 3.8) is 0 Å². The average Bonchev–Trinajstić information content (AvgIpc) is 3.31. The second kappa shape index (κ2) is 20.1. The van der Waals surface area contributed by atoms with E-state index in [0.717, 1.165) is 70.3 Å². The van der Waals surface area contributed by atoms with Gasteiger partial charge in [0, 0.05) is 49.4 Å². The van der Waals surface area contributed by atoms with E-state index in [1.807, 2.05) is 117 Å². The maximum Gasteiger partial charge on any atom is 0.254 e. The van der Waals surface area contributed by atoms with Gasteiger partial charge in [0.2, 0.25) is 5.79 Å². The van der Waals surface area contributed by atoms with Crippen molar-refractivity contribution in [2.24, 2.45) is 22.9 Å². The standard InChI is InChI=1S/C53H59N3O7/c1-4-29-61-53-49(56(3)52(59)41-24-23-38-18-8-9-19-39(38)30-41)33-47(55-62-34-37-16-6-5-7-17-37)45-31-40(20-10-12-27-57)44(22-11-13-28-58)50(51(45)53)46-32-43(25-26-48(46)63-53)60-35-42-21-14-15-36(2)54-42/h4-9,14-19,21,23-26,30-32,40,44,49-51,57-58H,1,10-13,20,22,27-29,33-35H2,2-3H3. The molecule has 6 atom stereocenters. The number of oxime groups is 1. The Hall–Kier alpha value is -5.81. The molecule has 0 spiro atoms. The lowest BCUT2D eigenvalue weighted by Gasteiger charge is -2.59. The normalized spacial score (nSPS) is 23.0. The number of benzene rings is 4. The number of aromatic nitrogens is 1. The first-order valence-corrected chi connectivity index (χ1v) is 22.4. The van der Waals surface area contributed by atoms with Gasteiger partial charge >= 0.3 is 0 Å². The molecular formula is C53H59N3O7. The smallest absolute Gasteiger partial charge is 0.254 e. The fraction of sp³-hybridized carbons (Fsp3) is 0.377. The van der Waals surface area contributed by atoms with Gasteiger partial charge in [-0.2, -0.15) is 0 Å². The summed E-state index contributed by atoms with van der Waals surface area (Å²) >= 11 is 0. The summed E-state index contributed by atoms with van der Waals surface area (Å²) < 4.78 is 20.9. The first-order valence-electron chi connectivity index (χ1n) is 22.4. The van der Waals surface area contributed by atoms with Crippen LogP contribution in [0.25, 0.3) is 10.8 Å². The summed E-state index contributed by atoms with van der Waals surface area (Å²) in [6, 6.07) is 35.1. The van der Waals surface area contributed by atoms with Crippen molar-refractivity contribution in [2.75, 3.05) is 26.9 Å². The Balaban J connectivity index is 1.29. The highest BCUT2D eigenvalue weighted by Gasteiger charge is 2.65. The number of hydrogen-bond acceptors (Lipinski definition) is 9. The summed E-state index contributed by atoms with van der Waals surface area (Å²) in [5.41, 5.74) is 6.02. The quantitative estimate of drug-likeness (QED) is 0.0479. The molecular weight excluding hydrogens is 791 g/mol. The van der Waals surface area contributed by atoms with Gasteiger partial charge in [-0.1, -0.05) is 96.9 Å². The number of amides is 1. The van der Waals surface area contributed by atoms with Gasteiger partial charge in [0.1, 0.15) is 30.8 Å². The molecule has 10 heteroatoms. The Kier molecular flexibility index (Phi) is 14.0. The van der Waals surface area contributed by atoms with E-state index in [0.29, 0.717) is 42.9 Å². The van der Waals surface area contributed by atoms with Gasteiger partial charge in [0.05, 0.1) is 23.9 Å². The largest absolute Gasteiger partial charge is 0.487 e. The zero-order valence-corrected chi connectivity index (χ0v) is 36.4. The number of nitrogens with zero attached hydrogens (tertiary/aromatic N) is 3. The van der Waals surface area contributed by atoms with Crippen LogP contribution in [0.15, 0.2) is 139 Å². The van der Waals surface area contributed by atoms with Crippen LogP contribution in [0.2, 0.25) is 0 Å². The first-order chi connectivity index (χ1) is 30.8. The van der Waals surface area contributed by atoms with Crippen molar-refractivity contribution in [3.05, 3.63) is 162 Å². The minimum absolute atomic E-state index is 0.0822. The predicted octanol–water partition coefficient (Wildman–Crippen LogP) is 9.73. The zero-order chi connectivity index (χ0) is 43.8. The van der Waals surface area contributed by atoms with E-state index in [9.17, 15) is 15.0 Å². The number of allylic oxidation sites excluding steroid dienone is 1. The number of aliphatic hydroxyl groups is 2. The molecule has 0 bridgehead atoms. The SMILES string of the molecule is C=CCOC12Oc3ccc(OCc4cccc(C)n4)cc3C3C(CCCCO)C(CCCCO)C=C(C(=NOCc4ccccc4)CC1N(C)C(=O)c1ccc4ccccc4c1)C32. The monoisotopic (exact) mass is 849 g/mol. The number of aliphatic hydroxyl groups excluding tert-OH is 2. The van der Waals surface area contributed by atoms with Crippen LogP contribution in [0.1, 0.15) is 83.7 Å². The highest BCUT2D eigenvalue weighted by atomic mass is 16.7. The molecule has 2 heterocycles. The third-order valence-corrected chi connectivity index (χ3v) is 13.0. The number of carbonyl (C=O) groups is 1. The van der Waals surface area contributed by atoms with E-state index < -0.39 is 17.7 Å². The van der Waals surface area contributed by atoms with Gasteiger partial charge in [0.15, 0.2) is 0 Å². The van der Waals surface area contributed by atoms with Crippen LogP contribution in [0, 0.1) is 24.7 Å². The highest BCUT2D eigenvalue weighted by molar-refractivity contribution is 6.04. The highest BCUT2D eigenvalue weighted by Crippen LogP contribution is 2.62. The molecule has 0 saturated heterocycles. The molecule has 10 nitrogen and oxygen atoms in total. The minimum Gasteiger partial charge on any atom is -0.487 e. The van der Waals surface area contributed by atoms with Crippen molar-refractivity contribution < 1.29 is 34.1 Å². The Labute approximate surface area is 370 Å². The van der Waals surface area contributed by atoms with Crippen LogP contribution >= 0.6 is 0 Å². The molecule has 1 aliphatic heterocycles. The molecule has 328 valence electrons. The Bertz CT molecular complexity index is 2430. The molecule has 0 radical (unpaired) electrons. The summed E-state index contributed by atoms with van der Waals surface area (Å²) in [7, 11) is 1.84. The fourth-order valence-electron chi connectivity index (χ4n) is 10.1. The molecule has 1 fully saturated rings. The van der Waals surface area contributed by atoms with Crippen LogP contribution in [0.4, 0.5) is 0 Å². The van der Waals surface area contributed by atoms with Crippen molar-refractivity contribution in [1.29, 1.82) is 0 Å². The molecule has 4 aromatic carbocycles. The zero-order valence-electron chi connectivity index (χ0n) is 36.4. The topological polar surface area (TPSA) is 123 Å². The Morgan fingerprint density at radius 1 is 0.905 bits per heavy atom. The number of hydrogen-bond donors (Lipinski definition) is 2. The molecule has 8 rings (SSSR count). The molecule has 6 unspecified atom stereocenters. The van der Waals surface area contributed by atoms with Crippen molar-refractivity contribution in [3.8, 4) is 11.5 Å². The molecule has 3 aliphatic rings. The molecule has 1 aromatic heterocycles. The predicted molar refractivity (Wildman–Crippen MR) is 246 cm³/mol. The second-order valence-electron chi connectivity index (χ2n) is 17.1. The van der Waals surface area contributed by atoms with Gasteiger partial charge in [-0.15, -0.1) is 6.58 Å². The Morgan fingerprint density at radius 3 is 2.46 bits per heavy atom. The number of ether oxygens (including phenoxy) is 3. The summed E-state index contributed by atoms with van der Waals surface area (Å²) in [6.45, 7) is 7.01. The van der Waals surface area contributed by atoms with E-state index in [-0.39, 0.29) is 50.1 Å². The molecule has 63 heavy (non-hydrogen) atoms. The lowest BCUT2D eigenvalue weighted by Crippen LogP contribution is -2.69. The number of pyridine rings is 1. The van der Waals surface area contributed by atoms with E-state index in [4.69, 9.17) is 24.2 Å². The van der Waals surface area contributed by atoms with Crippen molar-refractivity contribution in [1.82, 2.24) is 9.88 Å². The van der Waals surface area contributed by atoms with Gasteiger partial charge in [-0.05, 0) is 109 Å². The van der Waals surface area contributed by atoms with Crippen LogP contribution in [0.5, 0.6) is 11.5 Å². The number of rotatable bonds is 19. The van der Waals surface area contributed by atoms with E-state index in [2.05, 4.69) is 23.7 Å². The number of aryl methyl sites for hydroxylation is 1. The number of carbonyl (C=O) groups excluding carboxylic acids is 1. The van der Waals surface area contributed by atoms with Crippen LogP contribution in [0.3, 0.4) is 0 Å². The third-order valence-electron chi connectivity index (χ3n) is 13.0. The van der Waals surface area contributed by atoms with E-state index in [1.165, 1.54) is 0 Å². The summed E-state index contributed by atoms with van der Waals surface area (Å²) in [5.74, 6) is -0.598. The van der Waals surface area contributed by atoms with Crippen molar-refractivity contribution in [2.45, 2.75) is 82.8 Å². The lowest BCUT2D eigenvalue weighted by atomic mass is 9.55. The van der Waals surface area contributed by atoms with Gasteiger partial charge in [-0.25, -0.2) is 0 Å². The van der Waals surface area contributed by atoms with Gasteiger partial charge < -0.3 is 34.2 Å². The maximum absolute atomic E-state index is 14.9. The van der Waals surface area contributed by atoms with Gasteiger partial charge in [0.25, 0.3) is 5.91 Å². The molecule has 2 aliphatic carbocycles. The number of likely N-dealkylation sites (N-methyl/N-ethyl adjacent to an activating group) is 1. The van der Waals surface area contributed by atoms with Crippen LogP contribution < -0.4 is 9.47 Å². The van der Waals surface area contributed by atoms with E-state index >= 15 is 0 Å². The van der Waals surface area contributed by atoms with E-state index in [1.54, 1.807) is 11.0 Å². The molecule has 1 saturated carbocycles. The second-order valence-corrected chi connectivity index (χ2v) is 17.1.